The molecule has 11 heteroatoms. The van der Waals surface area contributed by atoms with E-state index in [0.29, 0.717) is 72.2 Å². The maximum atomic E-state index is 11.7. The van der Waals surface area contributed by atoms with Crippen LogP contribution in [0.15, 0.2) is 0 Å². The summed E-state index contributed by atoms with van der Waals surface area (Å²) in [5.74, 6) is 1.00. The highest BCUT2D eigenvalue weighted by atomic mass is 16.6. The molecule has 2 amide bonds. The minimum Gasteiger partial charge on any atom is -0.481 e. The van der Waals surface area contributed by atoms with Crippen LogP contribution >= 0.6 is 0 Å². The van der Waals surface area contributed by atoms with Crippen LogP contribution in [0.25, 0.3) is 0 Å². The molecule has 0 aliphatic carbocycles. The topological polar surface area (TPSA) is 142 Å². The molecule has 33 heavy (non-hydrogen) atoms. The van der Waals surface area contributed by atoms with Gasteiger partial charge in [0, 0.05) is 19.4 Å². The first kappa shape index (κ1) is 30.8. The first-order chi connectivity index (χ1) is 16.1. The summed E-state index contributed by atoms with van der Waals surface area (Å²) in [5, 5.41) is 13.7. The first-order valence-electron chi connectivity index (χ1n) is 11.1. The van der Waals surface area contributed by atoms with Gasteiger partial charge < -0.3 is 39.4 Å². The van der Waals surface area contributed by atoms with Gasteiger partial charge >= 0.3 is 5.97 Å². The fraction of sp³-hybridized carbons (Fsp3) is 0.773. The molecular formula is C22H38N2O9. The molecule has 0 atom stereocenters. The fourth-order valence-corrected chi connectivity index (χ4v) is 2.31. The van der Waals surface area contributed by atoms with Crippen molar-refractivity contribution in [2.24, 2.45) is 0 Å². The number of ether oxygens (including phenoxy) is 5. The van der Waals surface area contributed by atoms with Crippen LogP contribution < -0.4 is 10.6 Å². The predicted octanol–water partition coefficient (Wildman–Crippen LogP) is -0.0299. The van der Waals surface area contributed by atoms with Gasteiger partial charge in [-0.15, -0.1) is 6.42 Å². The van der Waals surface area contributed by atoms with Gasteiger partial charge in [-0.25, -0.2) is 0 Å². The van der Waals surface area contributed by atoms with E-state index in [9.17, 15) is 14.4 Å². The molecule has 0 bridgehead atoms. The highest BCUT2D eigenvalue weighted by Gasteiger charge is 2.05. The lowest BCUT2D eigenvalue weighted by Gasteiger charge is -2.08. The van der Waals surface area contributed by atoms with Gasteiger partial charge in [0.1, 0.15) is 6.61 Å². The van der Waals surface area contributed by atoms with Gasteiger partial charge in [0.15, 0.2) is 0 Å². The average Bonchev–Trinajstić information content (AvgIpc) is 2.79. The third kappa shape index (κ3) is 25.9. The van der Waals surface area contributed by atoms with Crippen molar-refractivity contribution in [3.63, 3.8) is 0 Å². The lowest BCUT2D eigenvalue weighted by atomic mass is 10.2. The Labute approximate surface area is 195 Å². The molecule has 0 aromatic carbocycles. The average molecular weight is 475 g/mol. The number of aliphatic carboxylic acids is 1. The van der Waals surface area contributed by atoms with E-state index in [2.05, 4.69) is 16.6 Å². The van der Waals surface area contributed by atoms with Crippen molar-refractivity contribution >= 4 is 17.8 Å². The minimum atomic E-state index is -0.819. The molecule has 0 unspecified atom stereocenters. The highest BCUT2D eigenvalue weighted by Crippen LogP contribution is 1.98. The summed E-state index contributed by atoms with van der Waals surface area (Å²) >= 11 is 0. The molecule has 0 aliphatic heterocycles. The van der Waals surface area contributed by atoms with Crippen molar-refractivity contribution in [1.82, 2.24) is 10.6 Å². The smallest absolute Gasteiger partial charge is 0.303 e. The zero-order chi connectivity index (χ0) is 24.4. The van der Waals surface area contributed by atoms with E-state index in [1.54, 1.807) is 0 Å². The maximum Gasteiger partial charge on any atom is 0.303 e. The van der Waals surface area contributed by atoms with Crippen LogP contribution in [0.2, 0.25) is 0 Å². The Hall–Kier alpha value is -2.23. The number of carbonyl (C=O) groups is 3. The summed E-state index contributed by atoms with van der Waals surface area (Å²) in [5.41, 5.74) is 0. The van der Waals surface area contributed by atoms with Gasteiger partial charge in [-0.3, -0.25) is 14.4 Å². The molecule has 0 radical (unpaired) electrons. The summed E-state index contributed by atoms with van der Waals surface area (Å²) < 4.78 is 26.4. The van der Waals surface area contributed by atoms with E-state index in [-0.39, 0.29) is 44.4 Å². The Bertz CT molecular complexity index is 552. The second kappa shape index (κ2) is 24.4. The molecule has 0 heterocycles. The Morgan fingerprint density at radius 2 is 1.21 bits per heavy atom. The van der Waals surface area contributed by atoms with E-state index >= 15 is 0 Å². The summed E-state index contributed by atoms with van der Waals surface area (Å²) in [6, 6.07) is 0. The van der Waals surface area contributed by atoms with Crippen LogP contribution in [0.1, 0.15) is 32.1 Å². The van der Waals surface area contributed by atoms with Crippen molar-refractivity contribution in [2.75, 3.05) is 79.2 Å². The number of hydrogen-bond donors (Lipinski definition) is 3. The third-order valence-corrected chi connectivity index (χ3v) is 3.98. The number of nitrogens with one attached hydrogen (secondary N) is 2. The lowest BCUT2D eigenvalue weighted by Crippen LogP contribution is -2.37. The molecule has 0 fully saturated rings. The predicted molar refractivity (Wildman–Crippen MR) is 120 cm³/mol. The molecule has 0 spiro atoms. The van der Waals surface area contributed by atoms with Crippen LogP contribution in [0.5, 0.6) is 0 Å². The van der Waals surface area contributed by atoms with Crippen molar-refractivity contribution < 1.29 is 43.2 Å². The van der Waals surface area contributed by atoms with Crippen molar-refractivity contribution in [2.45, 2.75) is 32.1 Å². The largest absolute Gasteiger partial charge is 0.481 e. The Balaban J connectivity index is 3.29. The summed E-state index contributed by atoms with van der Waals surface area (Å²) in [4.78, 5) is 33.7. The number of terminal acetylenes is 1. The molecule has 11 nitrogen and oxygen atoms in total. The molecule has 0 aromatic heterocycles. The number of carboxylic acids is 1. The Kier molecular flexibility index (Phi) is 22.8. The van der Waals surface area contributed by atoms with E-state index in [1.165, 1.54) is 0 Å². The minimum absolute atomic E-state index is 0.0956. The van der Waals surface area contributed by atoms with Crippen molar-refractivity contribution in [1.29, 1.82) is 0 Å². The van der Waals surface area contributed by atoms with Gasteiger partial charge in [-0.2, -0.15) is 0 Å². The number of amides is 2. The molecule has 0 saturated heterocycles. The van der Waals surface area contributed by atoms with E-state index < -0.39 is 5.97 Å². The van der Waals surface area contributed by atoms with Gasteiger partial charge in [-0.05, 0) is 12.8 Å². The monoisotopic (exact) mass is 474 g/mol. The standard InChI is InChI=1S/C22H38N2O9/c1-2-9-29-11-13-31-15-17-33-18-16-32-14-12-30-10-7-20(25)24-19-21(26)23-8-5-3-4-6-22(27)28/h1H,3-19H2,(H,23,26)(H,24,25)(H,27,28). The quantitative estimate of drug-likeness (QED) is 0.130. The molecule has 3 N–H and O–H groups in total. The molecule has 0 aliphatic rings. The summed E-state index contributed by atoms with van der Waals surface area (Å²) in [6.07, 6.45) is 7.35. The van der Waals surface area contributed by atoms with Gasteiger partial charge in [0.25, 0.3) is 0 Å². The lowest BCUT2D eigenvalue weighted by molar-refractivity contribution is -0.137. The van der Waals surface area contributed by atoms with Gasteiger partial charge in [0.05, 0.1) is 66.0 Å². The van der Waals surface area contributed by atoms with Gasteiger partial charge in [-0.1, -0.05) is 12.3 Å². The molecule has 190 valence electrons. The first-order valence-corrected chi connectivity index (χ1v) is 11.1. The SMILES string of the molecule is C#CCOCCOCCOCCOCCOCCC(=O)NCC(=O)NCCCCCC(=O)O. The number of hydrogen-bond acceptors (Lipinski definition) is 8. The number of carboxylic acid groups (broad SMARTS) is 1. The van der Waals surface area contributed by atoms with Crippen LogP contribution in [0.4, 0.5) is 0 Å². The zero-order valence-corrected chi connectivity index (χ0v) is 19.3. The van der Waals surface area contributed by atoms with Crippen LogP contribution in [-0.2, 0) is 38.1 Å². The fourth-order valence-electron chi connectivity index (χ4n) is 2.31. The van der Waals surface area contributed by atoms with Crippen LogP contribution in [0, 0.1) is 12.3 Å². The van der Waals surface area contributed by atoms with E-state index in [4.69, 9.17) is 35.2 Å². The van der Waals surface area contributed by atoms with Crippen molar-refractivity contribution in [3.8, 4) is 12.3 Å². The maximum absolute atomic E-state index is 11.7. The summed E-state index contributed by atoms with van der Waals surface area (Å²) in [7, 11) is 0. The number of carbonyl (C=O) groups excluding carboxylic acids is 2. The second-order valence-corrected chi connectivity index (χ2v) is 6.79. The van der Waals surface area contributed by atoms with Crippen molar-refractivity contribution in [3.05, 3.63) is 0 Å². The normalized spacial score (nSPS) is 10.5. The van der Waals surface area contributed by atoms with Crippen LogP contribution in [-0.4, -0.2) is 102 Å². The molecule has 0 rings (SSSR count). The number of rotatable bonds is 24. The zero-order valence-electron chi connectivity index (χ0n) is 19.3. The highest BCUT2D eigenvalue weighted by molar-refractivity contribution is 5.84. The van der Waals surface area contributed by atoms with E-state index in [1.807, 2.05) is 0 Å². The van der Waals surface area contributed by atoms with E-state index in [0.717, 1.165) is 6.42 Å². The molecule has 0 aromatic rings. The molecule has 0 saturated carbocycles. The Morgan fingerprint density at radius 1 is 0.667 bits per heavy atom. The second-order valence-electron chi connectivity index (χ2n) is 6.79. The Morgan fingerprint density at radius 3 is 1.76 bits per heavy atom. The number of unbranched alkanes of at least 4 members (excludes halogenated alkanes) is 2. The van der Waals surface area contributed by atoms with Crippen LogP contribution in [0.3, 0.4) is 0 Å². The molecular weight excluding hydrogens is 436 g/mol. The third-order valence-electron chi connectivity index (χ3n) is 3.98. The van der Waals surface area contributed by atoms with Gasteiger partial charge in [0.2, 0.25) is 11.8 Å². The summed E-state index contributed by atoms with van der Waals surface area (Å²) in [6.45, 7) is 4.39.